The Morgan fingerprint density at radius 3 is 2.30 bits per heavy atom. The van der Waals surface area contributed by atoms with Crippen LogP contribution in [-0.2, 0) is 0 Å². The smallest absolute Gasteiger partial charge is 0.270 e. The summed E-state index contributed by atoms with van der Waals surface area (Å²) in [6.07, 6.45) is 11.0. The van der Waals surface area contributed by atoms with Crippen molar-refractivity contribution in [2.45, 2.75) is 49.2 Å². The molecule has 1 N–H and O–H groups in total. The van der Waals surface area contributed by atoms with Crippen LogP contribution in [0.1, 0.15) is 49.0 Å². The first-order valence-corrected chi connectivity index (χ1v) is 11.0. The number of nitrogens with zero attached hydrogens (tertiary/aromatic N) is 2. The summed E-state index contributed by atoms with van der Waals surface area (Å²) in [5.74, 6) is 1.99. The monoisotopic (exact) mass is 385 g/mol. The van der Waals surface area contributed by atoms with E-state index in [2.05, 4.69) is 10.3 Å². The first-order chi connectivity index (χ1) is 13.0. The summed E-state index contributed by atoms with van der Waals surface area (Å²) in [6, 6.07) is 6.22. The van der Waals surface area contributed by atoms with Crippen molar-refractivity contribution in [2.24, 2.45) is 17.8 Å². The van der Waals surface area contributed by atoms with Gasteiger partial charge in [0.1, 0.15) is 11.5 Å². The lowest BCUT2D eigenvalue weighted by Gasteiger charge is -2.56. The van der Waals surface area contributed by atoms with Gasteiger partial charge in [0.25, 0.3) is 5.91 Å². The van der Waals surface area contributed by atoms with Crippen molar-refractivity contribution in [3.05, 3.63) is 42.0 Å². The lowest BCUT2D eigenvalue weighted by Crippen LogP contribution is -2.60. The van der Waals surface area contributed by atoms with E-state index in [1.807, 2.05) is 10.8 Å². The highest BCUT2D eigenvalue weighted by Gasteiger charge is 2.51. The Labute approximate surface area is 162 Å². The summed E-state index contributed by atoms with van der Waals surface area (Å²) in [6.45, 7) is 0. The molecular formula is C21H24FN3OS. The van der Waals surface area contributed by atoms with E-state index in [4.69, 9.17) is 0 Å². The summed E-state index contributed by atoms with van der Waals surface area (Å²) < 4.78 is 15.2. The highest BCUT2D eigenvalue weighted by Crippen LogP contribution is 2.55. The largest absolute Gasteiger partial charge is 0.345 e. The number of rotatable bonds is 4. The molecule has 4 fully saturated rings. The first kappa shape index (κ1) is 17.3. The molecule has 0 atom stereocenters. The Morgan fingerprint density at radius 2 is 1.74 bits per heavy atom. The van der Waals surface area contributed by atoms with E-state index in [-0.39, 0.29) is 17.3 Å². The third-order valence-corrected chi connectivity index (χ3v) is 7.30. The second kappa shape index (κ2) is 6.36. The summed E-state index contributed by atoms with van der Waals surface area (Å²) in [5.41, 5.74) is 1.25. The molecule has 6 heteroatoms. The van der Waals surface area contributed by atoms with Crippen LogP contribution in [-0.4, -0.2) is 27.3 Å². The first-order valence-electron chi connectivity index (χ1n) is 9.75. The number of aromatic nitrogens is 2. The molecule has 1 heterocycles. The van der Waals surface area contributed by atoms with Crippen molar-refractivity contribution >= 4 is 17.7 Å². The molecule has 0 spiro atoms. The van der Waals surface area contributed by atoms with Gasteiger partial charge >= 0.3 is 0 Å². The lowest BCUT2D eigenvalue weighted by molar-refractivity contribution is -0.0168. The van der Waals surface area contributed by atoms with E-state index in [9.17, 15) is 9.18 Å². The van der Waals surface area contributed by atoms with E-state index >= 15 is 0 Å². The zero-order valence-corrected chi connectivity index (χ0v) is 16.3. The lowest BCUT2D eigenvalue weighted by atomic mass is 9.53. The van der Waals surface area contributed by atoms with Gasteiger partial charge < -0.3 is 5.32 Å². The molecule has 4 nitrogen and oxygen atoms in total. The Morgan fingerprint density at radius 1 is 1.15 bits per heavy atom. The third kappa shape index (κ3) is 2.98. The maximum absolute atomic E-state index is 13.3. The number of hydrogen-bond donors (Lipinski definition) is 1. The van der Waals surface area contributed by atoms with Gasteiger partial charge in [-0.1, -0.05) is 11.8 Å². The molecule has 6 rings (SSSR count). The van der Waals surface area contributed by atoms with E-state index in [0.717, 1.165) is 47.9 Å². The number of carbonyl (C=O) groups is 1. The van der Waals surface area contributed by atoms with E-state index in [1.54, 1.807) is 18.3 Å². The number of benzene rings is 1. The normalized spacial score (nSPS) is 31.3. The van der Waals surface area contributed by atoms with Crippen molar-refractivity contribution in [2.75, 3.05) is 6.26 Å². The highest BCUT2D eigenvalue weighted by atomic mass is 32.2. The molecule has 0 aliphatic heterocycles. The molecular weight excluding hydrogens is 361 g/mol. The predicted molar refractivity (Wildman–Crippen MR) is 104 cm³/mol. The van der Waals surface area contributed by atoms with Gasteiger partial charge in [-0.3, -0.25) is 9.36 Å². The molecule has 4 aliphatic rings. The summed E-state index contributed by atoms with van der Waals surface area (Å²) in [7, 11) is 0. The second-order valence-corrected chi connectivity index (χ2v) is 9.37. The second-order valence-electron chi connectivity index (χ2n) is 8.59. The van der Waals surface area contributed by atoms with Crippen LogP contribution in [0.5, 0.6) is 0 Å². The summed E-state index contributed by atoms with van der Waals surface area (Å²) in [5, 5.41) is 4.15. The van der Waals surface area contributed by atoms with Gasteiger partial charge in [0.05, 0.1) is 6.20 Å². The Bertz CT molecular complexity index is 841. The van der Waals surface area contributed by atoms with Crippen LogP contribution in [0, 0.1) is 23.6 Å². The van der Waals surface area contributed by atoms with Crippen LogP contribution in [0.2, 0.25) is 0 Å². The Balaban J connectivity index is 1.46. The minimum atomic E-state index is -0.288. The number of amides is 1. The summed E-state index contributed by atoms with van der Waals surface area (Å²) >= 11 is 1.48. The van der Waals surface area contributed by atoms with E-state index in [0.29, 0.717) is 5.69 Å². The minimum absolute atomic E-state index is 0.0384. The highest BCUT2D eigenvalue weighted by molar-refractivity contribution is 7.98. The van der Waals surface area contributed by atoms with E-state index < -0.39 is 0 Å². The standard InChI is InChI=1S/C21H24FN3OS/c1-27-20-23-12-18(25(20)17-4-2-16(22)3-5-17)19(26)24-21-9-13-6-14(10-21)8-15(7-13)11-21/h2-5,12-15H,6-11H2,1H3,(H,24,26). The number of carbonyl (C=O) groups excluding carboxylic acids is 1. The number of halogens is 1. The number of imidazole rings is 1. The van der Waals surface area contributed by atoms with Gasteiger partial charge in [-0.2, -0.15) is 0 Å². The number of nitrogens with one attached hydrogen (secondary N) is 1. The predicted octanol–water partition coefficient (Wildman–Crippen LogP) is 4.43. The van der Waals surface area contributed by atoms with Crippen LogP contribution >= 0.6 is 11.8 Å². The van der Waals surface area contributed by atoms with Crippen molar-refractivity contribution in [1.29, 1.82) is 0 Å². The average Bonchev–Trinajstić information content (AvgIpc) is 3.05. The Kier molecular flexibility index (Phi) is 4.08. The van der Waals surface area contributed by atoms with Crippen molar-refractivity contribution in [1.82, 2.24) is 14.9 Å². The fourth-order valence-electron chi connectivity index (χ4n) is 6.05. The molecule has 0 unspecified atom stereocenters. The van der Waals surface area contributed by atoms with Gasteiger partial charge in [0, 0.05) is 11.2 Å². The van der Waals surface area contributed by atoms with Crippen LogP contribution in [0.3, 0.4) is 0 Å². The van der Waals surface area contributed by atoms with Crippen molar-refractivity contribution < 1.29 is 9.18 Å². The molecule has 4 bridgehead atoms. The van der Waals surface area contributed by atoms with Gasteiger partial charge in [0.2, 0.25) is 0 Å². The molecule has 142 valence electrons. The molecule has 2 aromatic rings. The van der Waals surface area contributed by atoms with Crippen LogP contribution in [0.4, 0.5) is 4.39 Å². The average molecular weight is 386 g/mol. The molecule has 0 radical (unpaired) electrons. The topological polar surface area (TPSA) is 46.9 Å². The molecule has 1 amide bonds. The number of thioether (sulfide) groups is 1. The molecule has 0 saturated heterocycles. The molecule has 27 heavy (non-hydrogen) atoms. The van der Waals surface area contributed by atoms with Crippen molar-refractivity contribution in [3.8, 4) is 5.69 Å². The molecule has 1 aromatic carbocycles. The van der Waals surface area contributed by atoms with E-state index in [1.165, 1.54) is 43.2 Å². The van der Waals surface area contributed by atoms with Crippen LogP contribution < -0.4 is 5.32 Å². The zero-order valence-electron chi connectivity index (χ0n) is 15.5. The van der Waals surface area contributed by atoms with Crippen LogP contribution in [0.15, 0.2) is 35.6 Å². The quantitative estimate of drug-likeness (QED) is 0.792. The summed E-state index contributed by atoms with van der Waals surface area (Å²) in [4.78, 5) is 17.7. The fourth-order valence-corrected chi connectivity index (χ4v) is 6.59. The molecule has 4 saturated carbocycles. The zero-order chi connectivity index (χ0) is 18.6. The third-order valence-electron chi connectivity index (χ3n) is 6.65. The fraction of sp³-hybridized carbons (Fsp3) is 0.524. The minimum Gasteiger partial charge on any atom is -0.345 e. The van der Waals surface area contributed by atoms with Gasteiger partial charge in [-0.05, 0) is 86.8 Å². The number of hydrogen-bond acceptors (Lipinski definition) is 3. The molecule has 1 aromatic heterocycles. The maximum Gasteiger partial charge on any atom is 0.270 e. The van der Waals surface area contributed by atoms with Crippen molar-refractivity contribution in [3.63, 3.8) is 0 Å². The molecule has 4 aliphatic carbocycles. The maximum atomic E-state index is 13.3. The van der Waals surface area contributed by atoms with Gasteiger partial charge in [-0.15, -0.1) is 0 Å². The SMILES string of the molecule is CSc1ncc(C(=O)NC23CC4CC(CC(C4)C2)C3)n1-c1ccc(F)cc1. The van der Waals surface area contributed by atoms with Gasteiger partial charge in [0.15, 0.2) is 5.16 Å². The van der Waals surface area contributed by atoms with Gasteiger partial charge in [-0.25, -0.2) is 9.37 Å². The Hall–Kier alpha value is -1.82. The van der Waals surface area contributed by atoms with Crippen LogP contribution in [0.25, 0.3) is 5.69 Å².